The molecule has 0 unspecified atom stereocenters. The summed E-state index contributed by atoms with van der Waals surface area (Å²) < 4.78 is 6.52. The van der Waals surface area contributed by atoms with Gasteiger partial charge in [-0.2, -0.15) is 0 Å². The lowest BCUT2D eigenvalue weighted by atomic mass is 10.1. The van der Waals surface area contributed by atoms with Gasteiger partial charge in [0.15, 0.2) is 0 Å². The van der Waals surface area contributed by atoms with Crippen LogP contribution >= 0.6 is 0 Å². The molecule has 0 aromatic carbocycles. The van der Waals surface area contributed by atoms with E-state index in [2.05, 4.69) is 4.98 Å². The SMILES string of the molecule is CO[C@@H]1[C@H](O)[C@@H](CO)C[C@H]1n1ccc(=O)[nH]c1=O. The number of hydrogen-bond acceptors (Lipinski definition) is 5. The highest BCUT2D eigenvalue weighted by atomic mass is 16.5. The van der Waals surface area contributed by atoms with Crippen molar-refractivity contribution < 1.29 is 14.9 Å². The number of aromatic amines is 1. The van der Waals surface area contributed by atoms with Crippen molar-refractivity contribution in [2.24, 2.45) is 5.92 Å². The van der Waals surface area contributed by atoms with Crippen molar-refractivity contribution in [2.45, 2.75) is 24.7 Å². The first kappa shape index (κ1) is 13.0. The van der Waals surface area contributed by atoms with Gasteiger partial charge in [-0.25, -0.2) is 4.79 Å². The highest BCUT2D eigenvalue weighted by molar-refractivity contribution is 4.98. The molecule has 0 aliphatic heterocycles. The van der Waals surface area contributed by atoms with E-state index in [4.69, 9.17) is 9.84 Å². The van der Waals surface area contributed by atoms with Crippen LogP contribution < -0.4 is 11.2 Å². The van der Waals surface area contributed by atoms with E-state index in [1.807, 2.05) is 0 Å². The average molecular weight is 256 g/mol. The largest absolute Gasteiger partial charge is 0.396 e. The molecule has 18 heavy (non-hydrogen) atoms. The summed E-state index contributed by atoms with van der Waals surface area (Å²) in [5, 5.41) is 19.1. The quantitative estimate of drug-likeness (QED) is 0.608. The molecule has 0 radical (unpaired) electrons. The molecule has 1 aromatic heterocycles. The molecule has 2 rings (SSSR count). The third kappa shape index (κ3) is 2.12. The minimum absolute atomic E-state index is 0.171. The Bertz CT molecular complexity index is 523. The van der Waals surface area contributed by atoms with E-state index in [0.29, 0.717) is 6.42 Å². The zero-order valence-electron chi connectivity index (χ0n) is 9.94. The van der Waals surface area contributed by atoms with Gasteiger partial charge in [0.05, 0.1) is 12.1 Å². The molecule has 0 amide bonds. The highest BCUT2D eigenvalue weighted by Crippen LogP contribution is 2.35. The zero-order chi connectivity index (χ0) is 13.3. The normalized spacial score (nSPS) is 31.7. The maximum Gasteiger partial charge on any atom is 0.328 e. The van der Waals surface area contributed by atoms with Gasteiger partial charge in [-0.3, -0.25) is 14.3 Å². The van der Waals surface area contributed by atoms with E-state index in [9.17, 15) is 14.7 Å². The van der Waals surface area contributed by atoms with E-state index >= 15 is 0 Å². The van der Waals surface area contributed by atoms with E-state index < -0.39 is 29.5 Å². The van der Waals surface area contributed by atoms with Crippen LogP contribution in [-0.2, 0) is 4.74 Å². The van der Waals surface area contributed by atoms with E-state index in [1.165, 1.54) is 23.9 Å². The number of methoxy groups -OCH3 is 1. The number of hydrogen-bond donors (Lipinski definition) is 3. The third-order valence-electron chi connectivity index (χ3n) is 3.46. The van der Waals surface area contributed by atoms with Crippen LogP contribution in [0.25, 0.3) is 0 Å². The number of ether oxygens (including phenoxy) is 1. The van der Waals surface area contributed by atoms with Crippen LogP contribution in [0.5, 0.6) is 0 Å². The molecule has 0 spiro atoms. The molecule has 7 heteroatoms. The predicted molar refractivity (Wildman–Crippen MR) is 62.4 cm³/mol. The fourth-order valence-corrected chi connectivity index (χ4v) is 2.52. The van der Waals surface area contributed by atoms with Gasteiger partial charge >= 0.3 is 5.69 Å². The molecular formula is C11H16N2O5. The van der Waals surface area contributed by atoms with Crippen molar-refractivity contribution >= 4 is 0 Å². The summed E-state index contributed by atoms with van der Waals surface area (Å²) in [5.74, 6) is -0.334. The Labute approximate surface area is 103 Å². The van der Waals surface area contributed by atoms with E-state index in [0.717, 1.165) is 0 Å². The molecule has 1 saturated carbocycles. The Kier molecular flexibility index (Phi) is 3.65. The molecule has 3 N–H and O–H groups in total. The molecule has 4 atom stereocenters. The second-order valence-corrected chi connectivity index (χ2v) is 4.45. The first-order valence-electron chi connectivity index (χ1n) is 5.71. The number of nitrogens with zero attached hydrogens (tertiary/aromatic N) is 1. The smallest absolute Gasteiger partial charge is 0.328 e. The second kappa shape index (κ2) is 5.05. The number of aromatic nitrogens is 2. The zero-order valence-corrected chi connectivity index (χ0v) is 9.94. The lowest BCUT2D eigenvalue weighted by Gasteiger charge is -2.22. The standard InChI is InChI=1S/C11H16N2O5/c1-18-10-7(4-6(5-14)9(10)16)13-3-2-8(15)12-11(13)17/h2-3,6-7,9-10,14,16H,4-5H2,1H3,(H,12,15,17)/t6-,7-,9-,10+/m1/s1. The minimum Gasteiger partial charge on any atom is -0.396 e. The van der Waals surface area contributed by atoms with Crippen LogP contribution in [0.15, 0.2) is 21.9 Å². The van der Waals surface area contributed by atoms with Crippen LogP contribution in [-0.4, -0.2) is 45.7 Å². The van der Waals surface area contributed by atoms with Gasteiger partial charge in [0.25, 0.3) is 5.56 Å². The number of nitrogens with one attached hydrogen (secondary N) is 1. The summed E-state index contributed by atoms with van der Waals surface area (Å²) in [6.45, 7) is -0.171. The number of rotatable bonds is 3. The fourth-order valence-electron chi connectivity index (χ4n) is 2.52. The number of H-pyrrole nitrogens is 1. The first-order chi connectivity index (χ1) is 8.58. The van der Waals surface area contributed by atoms with E-state index in [-0.39, 0.29) is 12.5 Å². The van der Waals surface area contributed by atoms with Gasteiger partial charge in [-0.05, 0) is 6.42 Å². The van der Waals surface area contributed by atoms with Gasteiger partial charge in [-0.1, -0.05) is 0 Å². The summed E-state index contributed by atoms with van der Waals surface area (Å²) in [5.41, 5.74) is -1.01. The lowest BCUT2D eigenvalue weighted by molar-refractivity contribution is -0.0302. The molecule has 0 bridgehead atoms. The molecule has 0 saturated heterocycles. The Morgan fingerprint density at radius 3 is 2.83 bits per heavy atom. The van der Waals surface area contributed by atoms with Crippen molar-refractivity contribution in [3.05, 3.63) is 33.1 Å². The van der Waals surface area contributed by atoms with Crippen molar-refractivity contribution in [1.29, 1.82) is 0 Å². The average Bonchev–Trinajstić information content (AvgIpc) is 2.65. The molecule has 1 heterocycles. The van der Waals surface area contributed by atoms with E-state index in [1.54, 1.807) is 0 Å². The minimum atomic E-state index is -0.830. The first-order valence-corrected chi connectivity index (χ1v) is 5.71. The van der Waals surface area contributed by atoms with Crippen molar-refractivity contribution in [3.8, 4) is 0 Å². The maximum atomic E-state index is 11.7. The van der Waals surface area contributed by atoms with Crippen LogP contribution in [0.1, 0.15) is 12.5 Å². The van der Waals surface area contributed by atoms with Crippen molar-refractivity contribution in [2.75, 3.05) is 13.7 Å². The molecule has 1 aromatic rings. The van der Waals surface area contributed by atoms with Gasteiger partial charge in [0.2, 0.25) is 0 Å². The van der Waals surface area contributed by atoms with Gasteiger partial charge in [-0.15, -0.1) is 0 Å². The monoisotopic (exact) mass is 256 g/mol. The highest BCUT2D eigenvalue weighted by Gasteiger charge is 2.43. The molecule has 1 aliphatic carbocycles. The Morgan fingerprint density at radius 1 is 1.56 bits per heavy atom. The summed E-state index contributed by atoms with van der Waals surface area (Å²) in [6.07, 6.45) is 0.390. The van der Waals surface area contributed by atoms with Crippen LogP contribution in [0.4, 0.5) is 0 Å². The Balaban J connectivity index is 2.38. The molecular weight excluding hydrogens is 240 g/mol. The molecule has 1 fully saturated rings. The Morgan fingerprint density at radius 2 is 2.28 bits per heavy atom. The van der Waals surface area contributed by atoms with Crippen molar-refractivity contribution in [3.63, 3.8) is 0 Å². The second-order valence-electron chi connectivity index (χ2n) is 4.45. The fraction of sp³-hybridized carbons (Fsp3) is 0.636. The summed E-state index contributed by atoms with van der Waals surface area (Å²) >= 11 is 0. The maximum absolute atomic E-state index is 11.7. The topological polar surface area (TPSA) is 105 Å². The molecule has 1 aliphatic rings. The Hall–Kier alpha value is -1.44. The summed E-state index contributed by atoms with van der Waals surface area (Å²) in [6, 6.07) is 0.846. The van der Waals surface area contributed by atoms with Crippen LogP contribution in [0.2, 0.25) is 0 Å². The van der Waals surface area contributed by atoms with Crippen LogP contribution in [0.3, 0.4) is 0 Å². The van der Waals surface area contributed by atoms with Gasteiger partial charge < -0.3 is 14.9 Å². The molecule has 100 valence electrons. The number of aliphatic hydroxyl groups excluding tert-OH is 2. The van der Waals surface area contributed by atoms with Gasteiger partial charge in [0, 0.05) is 31.9 Å². The predicted octanol–water partition coefficient (Wildman–Crippen LogP) is -1.53. The lowest BCUT2D eigenvalue weighted by Crippen LogP contribution is -2.38. The van der Waals surface area contributed by atoms with Gasteiger partial charge in [0.1, 0.15) is 6.10 Å². The summed E-state index contributed by atoms with van der Waals surface area (Å²) in [7, 11) is 1.44. The summed E-state index contributed by atoms with van der Waals surface area (Å²) in [4.78, 5) is 24.9. The number of aliphatic hydroxyl groups is 2. The van der Waals surface area contributed by atoms with Crippen LogP contribution in [0, 0.1) is 5.92 Å². The molecule has 7 nitrogen and oxygen atoms in total. The third-order valence-corrected chi connectivity index (χ3v) is 3.46. The van der Waals surface area contributed by atoms with Crippen molar-refractivity contribution in [1.82, 2.24) is 9.55 Å².